The van der Waals surface area contributed by atoms with E-state index in [9.17, 15) is 0 Å². The number of hydrogen-bond acceptors (Lipinski definition) is 5. The minimum Gasteiger partial charge on any atom is -0.362 e. The number of anilines is 1. The fourth-order valence-corrected chi connectivity index (χ4v) is 2.55. The molecule has 3 rings (SSSR count). The van der Waals surface area contributed by atoms with E-state index in [1.165, 1.54) is 0 Å². The summed E-state index contributed by atoms with van der Waals surface area (Å²) in [6.45, 7) is 0. The van der Waals surface area contributed by atoms with Gasteiger partial charge in [0.1, 0.15) is 5.82 Å². The van der Waals surface area contributed by atoms with Crippen molar-refractivity contribution in [3.8, 4) is 11.3 Å². The normalized spacial score (nSPS) is 10.8. The fourth-order valence-electron chi connectivity index (χ4n) is 2.19. The van der Waals surface area contributed by atoms with Crippen LogP contribution in [0.5, 0.6) is 0 Å². The van der Waals surface area contributed by atoms with Crippen molar-refractivity contribution in [2.75, 3.05) is 25.3 Å². The van der Waals surface area contributed by atoms with Gasteiger partial charge in [-0.25, -0.2) is 9.97 Å². The van der Waals surface area contributed by atoms with Crippen LogP contribution in [0.15, 0.2) is 47.8 Å². The summed E-state index contributed by atoms with van der Waals surface area (Å²) < 4.78 is 0. The zero-order valence-electron chi connectivity index (χ0n) is 12.2. The molecule has 0 spiro atoms. The van der Waals surface area contributed by atoms with Crippen LogP contribution in [0.1, 0.15) is 0 Å². The van der Waals surface area contributed by atoms with E-state index in [0.29, 0.717) is 0 Å². The van der Waals surface area contributed by atoms with Crippen LogP contribution >= 0.6 is 11.8 Å². The van der Waals surface area contributed by atoms with Crippen LogP contribution in [0.4, 0.5) is 5.82 Å². The number of fused-ring (bicyclic) bond motifs is 1. The number of thioether (sulfide) groups is 1. The fraction of sp³-hybridized carbons (Fsp3) is 0.188. The number of pyridine rings is 1. The third-order valence-electron chi connectivity index (χ3n) is 3.22. The topological polar surface area (TPSA) is 41.9 Å². The zero-order valence-corrected chi connectivity index (χ0v) is 13.1. The molecule has 0 radical (unpaired) electrons. The van der Waals surface area contributed by atoms with Crippen molar-refractivity contribution in [2.45, 2.75) is 5.16 Å². The van der Waals surface area contributed by atoms with Crippen LogP contribution in [0.2, 0.25) is 0 Å². The van der Waals surface area contributed by atoms with Gasteiger partial charge >= 0.3 is 0 Å². The molecule has 0 N–H and O–H groups in total. The van der Waals surface area contributed by atoms with Crippen molar-refractivity contribution in [3.63, 3.8) is 0 Å². The molecule has 0 unspecified atom stereocenters. The molecule has 0 atom stereocenters. The Balaban J connectivity index is 2.21. The maximum absolute atomic E-state index is 4.61. The van der Waals surface area contributed by atoms with Crippen molar-refractivity contribution >= 4 is 28.5 Å². The van der Waals surface area contributed by atoms with E-state index in [0.717, 1.165) is 33.1 Å². The maximum atomic E-state index is 4.61. The zero-order chi connectivity index (χ0) is 14.8. The van der Waals surface area contributed by atoms with Crippen LogP contribution in [-0.2, 0) is 0 Å². The SMILES string of the molecule is CSc1nc(N(C)C)c2cnc(-c3ccccc3)cc2n1. The summed E-state index contributed by atoms with van der Waals surface area (Å²) in [5.41, 5.74) is 2.94. The molecule has 0 amide bonds. The molecular formula is C16H16N4S. The summed E-state index contributed by atoms with van der Waals surface area (Å²) in [7, 11) is 3.97. The quantitative estimate of drug-likeness (QED) is 0.547. The monoisotopic (exact) mass is 296 g/mol. The number of nitrogens with zero attached hydrogens (tertiary/aromatic N) is 4. The van der Waals surface area contributed by atoms with E-state index in [4.69, 9.17) is 0 Å². The number of hydrogen-bond donors (Lipinski definition) is 0. The van der Waals surface area contributed by atoms with Crippen LogP contribution in [-0.4, -0.2) is 35.3 Å². The van der Waals surface area contributed by atoms with Gasteiger partial charge in [-0.2, -0.15) is 0 Å². The number of aromatic nitrogens is 3. The molecule has 2 heterocycles. The average molecular weight is 296 g/mol. The number of rotatable bonds is 3. The Labute approximate surface area is 128 Å². The first-order valence-electron chi connectivity index (χ1n) is 6.63. The highest BCUT2D eigenvalue weighted by Crippen LogP contribution is 2.27. The summed E-state index contributed by atoms with van der Waals surface area (Å²) >= 11 is 1.55. The van der Waals surface area contributed by atoms with Crippen molar-refractivity contribution in [3.05, 3.63) is 42.6 Å². The molecule has 5 heteroatoms. The van der Waals surface area contributed by atoms with Crippen LogP contribution in [0, 0.1) is 0 Å². The second-order valence-corrected chi connectivity index (χ2v) is 5.65. The van der Waals surface area contributed by atoms with Crippen molar-refractivity contribution < 1.29 is 0 Å². The Morgan fingerprint density at radius 3 is 2.48 bits per heavy atom. The van der Waals surface area contributed by atoms with E-state index in [2.05, 4.69) is 27.1 Å². The smallest absolute Gasteiger partial charge is 0.189 e. The highest BCUT2D eigenvalue weighted by atomic mass is 32.2. The highest BCUT2D eigenvalue weighted by Gasteiger charge is 2.11. The molecular weight excluding hydrogens is 280 g/mol. The molecule has 106 valence electrons. The molecule has 1 aromatic carbocycles. The molecule has 0 bridgehead atoms. The molecule has 2 aromatic heterocycles. The van der Waals surface area contributed by atoms with Crippen molar-refractivity contribution in [2.24, 2.45) is 0 Å². The summed E-state index contributed by atoms with van der Waals surface area (Å²) in [5, 5.41) is 1.74. The van der Waals surface area contributed by atoms with Crippen LogP contribution in [0.25, 0.3) is 22.2 Å². The third kappa shape index (κ3) is 2.69. The van der Waals surface area contributed by atoms with Crippen LogP contribution in [0.3, 0.4) is 0 Å². The highest BCUT2D eigenvalue weighted by molar-refractivity contribution is 7.98. The van der Waals surface area contributed by atoms with Gasteiger partial charge in [0.05, 0.1) is 16.6 Å². The summed E-state index contributed by atoms with van der Waals surface area (Å²) in [5.74, 6) is 0.900. The summed E-state index contributed by atoms with van der Waals surface area (Å²) in [6, 6.07) is 12.2. The molecule has 0 aliphatic heterocycles. The van der Waals surface area contributed by atoms with Crippen LogP contribution < -0.4 is 4.90 Å². The number of benzene rings is 1. The van der Waals surface area contributed by atoms with Gasteiger partial charge in [-0.1, -0.05) is 42.1 Å². The van der Waals surface area contributed by atoms with Gasteiger partial charge in [0.25, 0.3) is 0 Å². The molecule has 0 aliphatic carbocycles. The Morgan fingerprint density at radius 2 is 1.81 bits per heavy atom. The standard InChI is InChI=1S/C16H16N4S/c1-20(2)15-12-10-17-13(11-7-5-4-6-8-11)9-14(12)18-16(19-15)21-3/h4-10H,1-3H3. The first-order chi connectivity index (χ1) is 10.2. The van der Waals surface area contributed by atoms with Gasteiger partial charge in [0, 0.05) is 25.9 Å². The predicted octanol–water partition coefficient (Wildman–Crippen LogP) is 3.48. The molecule has 3 aromatic rings. The first-order valence-corrected chi connectivity index (χ1v) is 7.86. The Kier molecular flexibility index (Phi) is 3.75. The lowest BCUT2D eigenvalue weighted by atomic mass is 10.1. The summed E-state index contributed by atoms with van der Waals surface area (Å²) in [4.78, 5) is 15.7. The largest absolute Gasteiger partial charge is 0.362 e. The van der Waals surface area contributed by atoms with E-state index >= 15 is 0 Å². The molecule has 0 saturated heterocycles. The minimum atomic E-state index is 0.774. The van der Waals surface area contributed by atoms with Crippen molar-refractivity contribution in [1.82, 2.24) is 15.0 Å². The van der Waals surface area contributed by atoms with Gasteiger partial charge in [0.2, 0.25) is 0 Å². The Morgan fingerprint density at radius 1 is 1.05 bits per heavy atom. The molecule has 21 heavy (non-hydrogen) atoms. The van der Waals surface area contributed by atoms with Gasteiger partial charge in [0.15, 0.2) is 5.16 Å². The Hall–Kier alpha value is -2.14. The predicted molar refractivity (Wildman–Crippen MR) is 88.9 cm³/mol. The minimum absolute atomic E-state index is 0.774. The summed E-state index contributed by atoms with van der Waals surface area (Å²) in [6.07, 6.45) is 3.84. The van der Waals surface area contributed by atoms with Gasteiger partial charge in [-0.05, 0) is 12.3 Å². The average Bonchev–Trinajstić information content (AvgIpc) is 2.53. The molecule has 4 nitrogen and oxygen atoms in total. The second-order valence-electron chi connectivity index (χ2n) is 4.88. The third-order valence-corrected chi connectivity index (χ3v) is 3.76. The lowest BCUT2D eigenvalue weighted by Crippen LogP contribution is -2.12. The van der Waals surface area contributed by atoms with Gasteiger partial charge in [-0.15, -0.1) is 0 Å². The van der Waals surface area contributed by atoms with Crippen molar-refractivity contribution in [1.29, 1.82) is 0 Å². The molecule has 0 saturated carbocycles. The molecule has 0 fully saturated rings. The Bertz CT molecular complexity index is 772. The van der Waals surface area contributed by atoms with Gasteiger partial charge < -0.3 is 4.90 Å². The van der Waals surface area contributed by atoms with E-state index in [-0.39, 0.29) is 0 Å². The van der Waals surface area contributed by atoms with E-state index in [1.54, 1.807) is 11.8 Å². The molecule has 0 aliphatic rings. The van der Waals surface area contributed by atoms with E-state index < -0.39 is 0 Å². The first kappa shape index (κ1) is 13.8. The lowest BCUT2D eigenvalue weighted by Gasteiger charge is -2.15. The van der Waals surface area contributed by atoms with Gasteiger partial charge in [-0.3, -0.25) is 4.98 Å². The second kappa shape index (κ2) is 5.69. The van der Waals surface area contributed by atoms with E-state index in [1.807, 2.05) is 55.7 Å². The lowest BCUT2D eigenvalue weighted by molar-refractivity contribution is 0.959. The maximum Gasteiger partial charge on any atom is 0.189 e.